The molecule has 1 rings (SSSR count). The van der Waals surface area contributed by atoms with Crippen LogP contribution >= 0.6 is 23.4 Å². The fraction of sp³-hybridized carbons (Fsp3) is 0.500. The summed E-state index contributed by atoms with van der Waals surface area (Å²) >= 11 is 7.89. The summed E-state index contributed by atoms with van der Waals surface area (Å²) in [6.45, 7) is 0.0786. The first-order chi connectivity index (χ1) is 7.74. The van der Waals surface area contributed by atoms with E-state index in [0.29, 0.717) is 0 Å². The van der Waals surface area contributed by atoms with Crippen molar-refractivity contribution in [3.63, 3.8) is 0 Å². The number of halogens is 1. The van der Waals surface area contributed by atoms with E-state index < -0.39 is 0 Å². The Kier molecular flexibility index (Phi) is 6.88. The van der Waals surface area contributed by atoms with Gasteiger partial charge in [-0.2, -0.15) is 11.8 Å². The van der Waals surface area contributed by atoms with Crippen molar-refractivity contribution in [3.8, 4) is 0 Å². The van der Waals surface area contributed by atoms with E-state index >= 15 is 0 Å². The second kappa shape index (κ2) is 7.96. The lowest BCUT2D eigenvalue weighted by Crippen LogP contribution is -2.24. The second-order valence-corrected chi connectivity index (χ2v) is 5.24. The highest BCUT2D eigenvalue weighted by Crippen LogP contribution is 2.21. The highest BCUT2D eigenvalue weighted by molar-refractivity contribution is 7.98. The van der Waals surface area contributed by atoms with E-state index in [1.54, 1.807) is 0 Å². The SMILES string of the molecule is N[C@H](CO)CCCSCc1ccccc1Cl. The van der Waals surface area contributed by atoms with Gasteiger partial charge < -0.3 is 10.8 Å². The van der Waals surface area contributed by atoms with Crippen molar-refractivity contribution in [1.29, 1.82) is 0 Å². The highest BCUT2D eigenvalue weighted by Gasteiger charge is 2.01. The van der Waals surface area contributed by atoms with Crippen LogP contribution in [-0.4, -0.2) is 23.5 Å². The van der Waals surface area contributed by atoms with E-state index in [4.69, 9.17) is 22.4 Å². The second-order valence-electron chi connectivity index (χ2n) is 3.73. The van der Waals surface area contributed by atoms with Gasteiger partial charge in [0, 0.05) is 16.8 Å². The minimum Gasteiger partial charge on any atom is -0.395 e. The predicted octanol–water partition coefficient (Wildman–Crippen LogP) is 2.67. The minimum absolute atomic E-state index is 0.0686. The quantitative estimate of drug-likeness (QED) is 0.740. The third kappa shape index (κ3) is 5.21. The molecule has 0 heterocycles. The summed E-state index contributed by atoms with van der Waals surface area (Å²) in [5.41, 5.74) is 6.79. The maximum atomic E-state index is 8.76. The number of aliphatic hydroxyl groups excluding tert-OH is 1. The van der Waals surface area contributed by atoms with Crippen molar-refractivity contribution in [3.05, 3.63) is 34.9 Å². The molecule has 0 aromatic heterocycles. The molecule has 2 nitrogen and oxygen atoms in total. The van der Waals surface area contributed by atoms with E-state index in [1.165, 1.54) is 5.56 Å². The van der Waals surface area contributed by atoms with Crippen LogP contribution in [-0.2, 0) is 5.75 Å². The Balaban J connectivity index is 2.14. The van der Waals surface area contributed by atoms with Crippen LogP contribution < -0.4 is 5.73 Å². The average molecular weight is 260 g/mol. The van der Waals surface area contributed by atoms with E-state index in [1.807, 2.05) is 30.0 Å². The standard InChI is InChI=1S/C12H18ClNOS/c13-12-6-2-1-4-10(12)9-16-7-3-5-11(14)8-15/h1-2,4,6,11,15H,3,5,7-9,14H2/t11-/m0/s1. The zero-order chi connectivity index (χ0) is 11.8. The summed E-state index contributed by atoms with van der Waals surface area (Å²) in [6.07, 6.45) is 1.92. The van der Waals surface area contributed by atoms with E-state index in [9.17, 15) is 0 Å². The third-order valence-corrected chi connectivity index (χ3v) is 3.77. The van der Waals surface area contributed by atoms with Crippen LogP contribution in [0, 0.1) is 0 Å². The summed E-state index contributed by atoms with van der Waals surface area (Å²) in [6, 6.07) is 7.84. The molecule has 0 aliphatic rings. The molecule has 0 saturated carbocycles. The molecule has 1 atom stereocenters. The molecule has 0 amide bonds. The van der Waals surface area contributed by atoms with Gasteiger partial charge in [0.05, 0.1) is 6.61 Å². The van der Waals surface area contributed by atoms with Gasteiger partial charge >= 0.3 is 0 Å². The predicted molar refractivity (Wildman–Crippen MR) is 71.9 cm³/mol. The molecule has 0 bridgehead atoms. The molecular formula is C12H18ClNOS. The van der Waals surface area contributed by atoms with E-state index in [2.05, 4.69) is 6.07 Å². The van der Waals surface area contributed by atoms with Gasteiger partial charge in [-0.05, 0) is 30.2 Å². The van der Waals surface area contributed by atoms with Crippen LogP contribution in [0.1, 0.15) is 18.4 Å². The molecule has 90 valence electrons. The Morgan fingerprint density at radius 3 is 2.81 bits per heavy atom. The smallest absolute Gasteiger partial charge is 0.0582 e. The first-order valence-electron chi connectivity index (χ1n) is 5.41. The van der Waals surface area contributed by atoms with Crippen molar-refractivity contribution in [2.75, 3.05) is 12.4 Å². The molecule has 0 aliphatic carbocycles. The number of hydrogen-bond donors (Lipinski definition) is 2. The Hall–Kier alpha value is -0.220. The number of aliphatic hydroxyl groups is 1. The van der Waals surface area contributed by atoms with Gasteiger partial charge in [-0.1, -0.05) is 29.8 Å². The maximum Gasteiger partial charge on any atom is 0.0582 e. The molecule has 0 unspecified atom stereocenters. The normalized spacial score (nSPS) is 12.7. The van der Waals surface area contributed by atoms with Crippen LogP contribution in [0.5, 0.6) is 0 Å². The molecule has 1 aromatic rings. The fourth-order valence-corrected chi connectivity index (χ4v) is 2.60. The summed E-state index contributed by atoms with van der Waals surface area (Å²) in [5.74, 6) is 1.99. The van der Waals surface area contributed by atoms with Crippen LogP contribution in [0.4, 0.5) is 0 Å². The number of benzene rings is 1. The van der Waals surface area contributed by atoms with Crippen molar-refractivity contribution < 1.29 is 5.11 Å². The number of thioether (sulfide) groups is 1. The average Bonchev–Trinajstić information content (AvgIpc) is 2.30. The third-order valence-electron chi connectivity index (χ3n) is 2.31. The highest BCUT2D eigenvalue weighted by atomic mass is 35.5. The Morgan fingerprint density at radius 2 is 2.12 bits per heavy atom. The molecule has 0 aliphatic heterocycles. The first-order valence-corrected chi connectivity index (χ1v) is 6.95. The molecule has 1 aromatic carbocycles. The molecule has 0 fully saturated rings. The topological polar surface area (TPSA) is 46.2 Å². The van der Waals surface area contributed by atoms with Gasteiger partial charge in [-0.15, -0.1) is 0 Å². The molecule has 0 radical (unpaired) electrons. The lowest BCUT2D eigenvalue weighted by molar-refractivity contribution is 0.259. The molecular weight excluding hydrogens is 242 g/mol. The molecule has 4 heteroatoms. The summed E-state index contributed by atoms with van der Waals surface area (Å²) in [5, 5.41) is 9.59. The van der Waals surface area contributed by atoms with E-state index in [0.717, 1.165) is 29.4 Å². The lowest BCUT2D eigenvalue weighted by Gasteiger charge is -2.07. The molecule has 16 heavy (non-hydrogen) atoms. The maximum absolute atomic E-state index is 8.76. The number of hydrogen-bond acceptors (Lipinski definition) is 3. The molecule has 0 saturated heterocycles. The lowest BCUT2D eigenvalue weighted by atomic mass is 10.2. The Morgan fingerprint density at radius 1 is 1.38 bits per heavy atom. The van der Waals surface area contributed by atoms with Gasteiger partial charge in [0.1, 0.15) is 0 Å². The van der Waals surface area contributed by atoms with Crippen molar-refractivity contribution in [2.24, 2.45) is 5.73 Å². The van der Waals surface area contributed by atoms with Gasteiger partial charge in [0.2, 0.25) is 0 Å². The Labute approximate surface area is 106 Å². The van der Waals surface area contributed by atoms with Gasteiger partial charge in [-0.25, -0.2) is 0 Å². The Bertz CT molecular complexity index is 309. The van der Waals surface area contributed by atoms with Crippen LogP contribution in [0.3, 0.4) is 0 Å². The zero-order valence-corrected chi connectivity index (χ0v) is 10.8. The monoisotopic (exact) mass is 259 g/mol. The van der Waals surface area contributed by atoms with Crippen LogP contribution in [0.25, 0.3) is 0 Å². The van der Waals surface area contributed by atoms with E-state index in [-0.39, 0.29) is 12.6 Å². The van der Waals surface area contributed by atoms with Gasteiger partial charge in [-0.3, -0.25) is 0 Å². The summed E-state index contributed by atoms with van der Waals surface area (Å²) in [4.78, 5) is 0. The summed E-state index contributed by atoms with van der Waals surface area (Å²) in [7, 11) is 0. The van der Waals surface area contributed by atoms with Gasteiger partial charge in [0.15, 0.2) is 0 Å². The molecule has 3 N–H and O–H groups in total. The first kappa shape index (κ1) is 13.8. The molecule has 0 spiro atoms. The van der Waals surface area contributed by atoms with Crippen LogP contribution in [0.15, 0.2) is 24.3 Å². The zero-order valence-electron chi connectivity index (χ0n) is 9.23. The van der Waals surface area contributed by atoms with Crippen molar-refractivity contribution >= 4 is 23.4 Å². The largest absolute Gasteiger partial charge is 0.395 e. The summed E-state index contributed by atoms with van der Waals surface area (Å²) < 4.78 is 0. The minimum atomic E-state index is -0.0686. The fourth-order valence-electron chi connectivity index (χ4n) is 1.34. The number of rotatable bonds is 7. The van der Waals surface area contributed by atoms with Crippen molar-refractivity contribution in [2.45, 2.75) is 24.6 Å². The van der Waals surface area contributed by atoms with Crippen molar-refractivity contribution in [1.82, 2.24) is 0 Å². The van der Waals surface area contributed by atoms with Crippen LogP contribution in [0.2, 0.25) is 5.02 Å². The van der Waals surface area contributed by atoms with Gasteiger partial charge in [0.25, 0.3) is 0 Å². The number of nitrogens with two attached hydrogens (primary N) is 1.